The minimum Gasteiger partial charge on any atom is -0.678 e. The Morgan fingerprint density at radius 3 is 1.60 bits per heavy atom. The average Bonchev–Trinajstić information content (AvgIpc) is 2.51. The Morgan fingerprint density at radius 2 is 1.24 bits per heavy atom. The summed E-state index contributed by atoms with van der Waals surface area (Å²) >= 11 is 0. The van der Waals surface area contributed by atoms with E-state index in [0.717, 1.165) is 32.6 Å². The molecular weight excluding hydrogens is 357 g/mol. The smallest absolute Gasteiger partial charge is 0 e. The maximum atomic E-state index is 4.65. The summed E-state index contributed by atoms with van der Waals surface area (Å²) < 4.78 is 0. The molecule has 0 aliphatic carbocycles. The van der Waals surface area contributed by atoms with Crippen LogP contribution in [0.15, 0.2) is 0 Å². The molecule has 5 nitrogen and oxygen atoms in total. The molecule has 0 aliphatic rings. The van der Waals surface area contributed by atoms with Gasteiger partial charge in [-0.3, -0.25) is 6.67 Å². The quantitative estimate of drug-likeness (QED) is 0.409. The maximum absolute atomic E-state index is 4.65. The fraction of sp³-hybridized carbons (Fsp3) is 1.00. The van der Waals surface area contributed by atoms with Crippen LogP contribution in [0.2, 0.25) is 0 Å². The van der Waals surface area contributed by atoms with Gasteiger partial charge in [0.2, 0.25) is 0 Å². The van der Waals surface area contributed by atoms with Crippen LogP contribution in [0.4, 0.5) is 0 Å². The Bertz CT molecular complexity index is 240. The second-order valence-corrected chi connectivity index (χ2v) is 6.82. The van der Waals surface area contributed by atoms with Crippen molar-refractivity contribution in [1.29, 1.82) is 0 Å². The molecule has 0 amide bonds. The van der Waals surface area contributed by atoms with E-state index in [1.165, 1.54) is 0 Å². The van der Waals surface area contributed by atoms with Crippen LogP contribution in [0, 0.1) is 0 Å². The first-order valence-electron chi connectivity index (χ1n) is 9.57. The molecule has 0 fully saturated rings. The molecule has 25 heavy (non-hydrogen) atoms. The topological polar surface area (TPSA) is 59.6 Å². The van der Waals surface area contributed by atoms with E-state index in [1.54, 1.807) is 0 Å². The first-order chi connectivity index (χ1) is 11.3. The second kappa shape index (κ2) is 20.6. The number of likely N-dealkylation sites (N-methyl/N-ethyl adjacent to an activating group) is 1. The average molecular weight is 401 g/mol. The van der Waals surface area contributed by atoms with Gasteiger partial charge in [-0.15, -0.1) is 30.7 Å². The van der Waals surface area contributed by atoms with Crippen molar-refractivity contribution in [2.24, 2.45) is 0 Å². The maximum Gasteiger partial charge on any atom is 0 e. The molecular formula is C19H43CoN5-4. The van der Waals surface area contributed by atoms with Gasteiger partial charge >= 0.3 is 0 Å². The third-order valence-electron chi connectivity index (χ3n) is 3.77. The van der Waals surface area contributed by atoms with Crippen molar-refractivity contribution in [2.45, 2.75) is 86.0 Å². The molecule has 6 heteroatoms. The monoisotopic (exact) mass is 400 g/mol. The standard InChI is InChI=1S/C12H27N3.C7H16N2.Co/c1-6-15(7-2)9-8-14-12(4)10-11(3)13-5;1-6(2)8-5-9-7(3)4;/h11-12H,6-10H2,1-5H3;6-7H,5H2,1-4H3;/q2*-2;. The van der Waals surface area contributed by atoms with E-state index in [4.69, 9.17) is 0 Å². The van der Waals surface area contributed by atoms with E-state index in [1.807, 2.05) is 7.05 Å². The Kier molecular flexibility index (Phi) is 24.8. The molecule has 2 atom stereocenters. The molecule has 157 valence electrons. The van der Waals surface area contributed by atoms with Crippen LogP contribution >= 0.6 is 0 Å². The van der Waals surface area contributed by atoms with Gasteiger partial charge in [-0.1, -0.05) is 61.8 Å². The van der Waals surface area contributed by atoms with E-state index >= 15 is 0 Å². The van der Waals surface area contributed by atoms with E-state index in [-0.39, 0.29) is 16.8 Å². The molecule has 2 unspecified atom stereocenters. The van der Waals surface area contributed by atoms with Crippen molar-refractivity contribution in [3.8, 4) is 0 Å². The molecule has 0 aromatic rings. The molecule has 0 saturated heterocycles. The fourth-order valence-electron chi connectivity index (χ4n) is 2.01. The van der Waals surface area contributed by atoms with E-state index < -0.39 is 0 Å². The molecule has 0 aromatic heterocycles. The van der Waals surface area contributed by atoms with Gasteiger partial charge in [0, 0.05) is 16.8 Å². The van der Waals surface area contributed by atoms with Gasteiger partial charge in [0.15, 0.2) is 0 Å². The third-order valence-corrected chi connectivity index (χ3v) is 3.77. The van der Waals surface area contributed by atoms with Crippen LogP contribution in [0.1, 0.15) is 61.8 Å². The molecule has 0 aromatic carbocycles. The van der Waals surface area contributed by atoms with Crippen molar-refractivity contribution in [3.63, 3.8) is 0 Å². The second-order valence-electron chi connectivity index (χ2n) is 6.82. The SMILES string of the molecule is CC(C)[N-]C[N-]C(C)C.CCN(CC)CC[N-]C(C)CC(C)[N-]C.[Co]. The van der Waals surface area contributed by atoms with E-state index in [0.29, 0.717) is 30.8 Å². The minimum atomic E-state index is 0. The van der Waals surface area contributed by atoms with Crippen molar-refractivity contribution in [1.82, 2.24) is 4.90 Å². The fourth-order valence-corrected chi connectivity index (χ4v) is 2.01. The zero-order chi connectivity index (χ0) is 19.0. The van der Waals surface area contributed by atoms with Gasteiger partial charge < -0.3 is 26.2 Å². The number of rotatable bonds is 13. The largest absolute Gasteiger partial charge is 0.678 e. The summed E-state index contributed by atoms with van der Waals surface area (Å²) in [6.07, 6.45) is 1.08. The van der Waals surface area contributed by atoms with Crippen molar-refractivity contribution < 1.29 is 16.8 Å². The molecule has 1 radical (unpaired) electrons. The zero-order valence-electron chi connectivity index (χ0n) is 18.1. The summed E-state index contributed by atoms with van der Waals surface area (Å²) in [6.45, 7) is 22.0. The summed E-state index contributed by atoms with van der Waals surface area (Å²) in [5.41, 5.74) is 0. The predicted molar refractivity (Wildman–Crippen MR) is 111 cm³/mol. The van der Waals surface area contributed by atoms with Crippen LogP contribution in [0.3, 0.4) is 0 Å². The zero-order valence-corrected chi connectivity index (χ0v) is 19.2. The molecule has 0 saturated carbocycles. The van der Waals surface area contributed by atoms with Crippen LogP contribution in [0.25, 0.3) is 21.3 Å². The van der Waals surface area contributed by atoms with Gasteiger partial charge in [-0.25, -0.2) is 0 Å². The van der Waals surface area contributed by atoms with Crippen molar-refractivity contribution in [2.75, 3.05) is 39.9 Å². The van der Waals surface area contributed by atoms with E-state index in [2.05, 4.69) is 81.6 Å². The van der Waals surface area contributed by atoms with Gasteiger partial charge in [0.25, 0.3) is 0 Å². The summed E-state index contributed by atoms with van der Waals surface area (Å²) in [7, 11) is 1.88. The number of nitrogens with zero attached hydrogens (tertiary/aromatic N) is 5. The van der Waals surface area contributed by atoms with Crippen LogP contribution in [0.5, 0.6) is 0 Å². The normalized spacial score (nSPS) is 13.4. The molecule has 0 N–H and O–H groups in total. The molecule has 0 rings (SSSR count). The first kappa shape index (κ1) is 30.0. The summed E-state index contributed by atoms with van der Waals surface area (Å²) in [4.78, 5) is 2.41. The van der Waals surface area contributed by atoms with Gasteiger partial charge in [0.1, 0.15) is 0 Å². The Hall–Kier alpha value is 0.306. The van der Waals surface area contributed by atoms with Gasteiger partial charge in [-0.05, 0) is 19.6 Å². The number of hydrogen-bond donors (Lipinski definition) is 0. The molecule has 0 bridgehead atoms. The predicted octanol–water partition coefficient (Wildman–Crippen LogP) is 5.38. The van der Waals surface area contributed by atoms with Crippen LogP contribution < -0.4 is 0 Å². The Morgan fingerprint density at radius 1 is 0.760 bits per heavy atom. The van der Waals surface area contributed by atoms with Crippen LogP contribution in [-0.4, -0.2) is 69.0 Å². The van der Waals surface area contributed by atoms with Crippen LogP contribution in [-0.2, 0) is 16.8 Å². The number of hydrogen-bond acceptors (Lipinski definition) is 1. The van der Waals surface area contributed by atoms with Crippen molar-refractivity contribution in [3.05, 3.63) is 21.3 Å². The summed E-state index contributed by atoms with van der Waals surface area (Å²) in [6, 6.07) is 1.73. The van der Waals surface area contributed by atoms with Gasteiger partial charge in [0.05, 0.1) is 0 Å². The Labute approximate surface area is 169 Å². The summed E-state index contributed by atoms with van der Waals surface area (Å²) in [5.74, 6) is 0. The van der Waals surface area contributed by atoms with Gasteiger partial charge in [-0.2, -0.15) is 7.05 Å². The van der Waals surface area contributed by atoms with E-state index in [9.17, 15) is 0 Å². The Balaban J connectivity index is -0.000000418. The molecule has 0 spiro atoms. The molecule has 0 aliphatic heterocycles. The minimum absolute atomic E-state index is 0. The van der Waals surface area contributed by atoms with Crippen molar-refractivity contribution >= 4 is 0 Å². The summed E-state index contributed by atoms with van der Waals surface area (Å²) in [5, 5.41) is 17.3. The molecule has 0 heterocycles. The first-order valence-corrected chi connectivity index (χ1v) is 9.57. The third kappa shape index (κ3) is 24.3.